The number of nitrogens with zero attached hydrogens (tertiary/aromatic N) is 1. The summed E-state index contributed by atoms with van der Waals surface area (Å²) in [4.78, 5) is 25.8. The minimum atomic E-state index is -0.445. The highest BCUT2D eigenvalue weighted by Crippen LogP contribution is 2.12. The van der Waals surface area contributed by atoms with Crippen LogP contribution in [0.15, 0.2) is 0 Å². The zero-order chi connectivity index (χ0) is 17.5. The van der Waals surface area contributed by atoms with Crippen LogP contribution in [-0.2, 0) is 19.1 Å². The van der Waals surface area contributed by atoms with Crippen LogP contribution in [0.1, 0.15) is 41.0 Å². The fourth-order valence-electron chi connectivity index (χ4n) is 2.36. The normalized spacial score (nSPS) is 19.7. The van der Waals surface area contributed by atoms with Gasteiger partial charge in [0.15, 0.2) is 0 Å². The zero-order valence-corrected chi connectivity index (χ0v) is 15.2. The Bertz CT molecular complexity index is 391. The molecular weight excluding hydrogens is 296 g/mol. The Labute approximate surface area is 139 Å². The van der Waals surface area contributed by atoms with Crippen LogP contribution in [-0.4, -0.2) is 62.3 Å². The van der Waals surface area contributed by atoms with Gasteiger partial charge in [0.2, 0.25) is 5.91 Å². The molecule has 0 saturated carbocycles. The Morgan fingerprint density at radius 3 is 2.65 bits per heavy atom. The fourth-order valence-corrected chi connectivity index (χ4v) is 2.36. The summed E-state index contributed by atoms with van der Waals surface area (Å²) in [7, 11) is 0. The van der Waals surface area contributed by atoms with Gasteiger partial charge in [0.1, 0.15) is 12.7 Å². The van der Waals surface area contributed by atoms with Gasteiger partial charge in [-0.1, -0.05) is 34.6 Å². The molecule has 1 saturated heterocycles. The van der Waals surface area contributed by atoms with E-state index in [1.165, 1.54) is 0 Å². The fraction of sp³-hybridized carbons (Fsp3) is 0.882. The Hall–Kier alpha value is -1.14. The van der Waals surface area contributed by atoms with E-state index in [2.05, 4.69) is 24.1 Å². The lowest BCUT2D eigenvalue weighted by molar-refractivity contribution is -0.150. The largest absolute Gasteiger partial charge is 0.463 e. The first-order valence-corrected chi connectivity index (χ1v) is 8.46. The number of esters is 1. The molecule has 1 heterocycles. The van der Waals surface area contributed by atoms with E-state index in [0.29, 0.717) is 19.1 Å². The average Bonchev–Trinajstić information content (AvgIpc) is 2.43. The highest BCUT2D eigenvalue weighted by Gasteiger charge is 2.23. The van der Waals surface area contributed by atoms with E-state index in [4.69, 9.17) is 9.47 Å². The highest BCUT2D eigenvalue weighted by molar-refractivity contribution is 5.81. The maximum Gasteiger partial charge on any atom is 0.307 e. The Balaban J connectivity index is 2.19. The topological polar surface area (TPSA) is 67.9 Å². The number of rotatable bonds is 7. The number of amides is 1. The van der Waals surface area contributed by atoms with Crippen molar-refractivity contribution in [3.63, 3.8) is 0 Å². The molecule has 6 nitrogen and oxygen atoms in total. The maximum absolute atomic E-state index is 11.7. The van der Waals surface area contributed by atoms with E-state index in [9.17, 15) is 9.59 Å². The predicted octanol–water partition coefficient (Wildman–Crippen LogP) is 1.44. The van der Waals surface area contributed by atoms with E-state index in [1.807, 2.05) is 20.8 Å². The number of ether oxygens (including phenoxy) is 2. The number of nitrogens with one attached hydrogen (secondary N) is 1. The van der Waals surface area contributed by atoms with Gasteiger partial charge in [-0.2, -0.15) is 0 Å². The van der Waals surface area contributed by atoms with Crippen LogP contribution in [0.3, 0.4) is 0 Å². The first-order chi connectivity index (χ1) is 10.7. The van der Waals surface area contributed by atoms with Gasteiger partial charge in [0.25, 0.3) is 0 Å². The molecule has 1 atom stereocenters. The molecular formula is C17H32N2O4. The van der Waals surface area contributed by atoms with Crippen LogP contribution >= 0.6 is 0 Å². The van der Waals surface area contributed by atoms with Gasteiger partial charge in [-0.25, -0.2) is 0 Å². The van der Waals surface area contributed by atoms with Crippen molar-refractivity contribution in [2.45, 2.75) is 47.1 Å². The lowest BCUT2D eigenvalue weighted by atomic mass is 9.96. The van der Waals surface area contributed by atoms with Crippen molar-refractivity contribution in [3.05, 3.63) is 0 Å². The van der Waals surface area contributed by atoms with Crippen molar-refractivity contribution < 1.29 is 19.1 Å². The van der Waals surface area contributed by atoms with Crippen molar-refractivity contribution in [1.82, 2.24) is 10.2 Å². The molecule has 0 spiro atoms. The Morgan fingerprint density at radius 2 is 2.04 bits per heavy atom. The third-order valence-electron chi connectivity index (χ3n) is 3.57. The predicted molar refractivity (Wildman–Crippen MR) is 89.1 cm³/mol. The van der Waals surface area contributed by atoms with Gasteiger partial charge < -0.3 is 14.8 Å². The molecule has 0 aliphatic carbocycles. The van der Waals surface area contributed by atoms with Crippen LogP contribution in [0, 0.1) is 11.3 Å². The molecule has 1 aliphatic heterocycles. The van der Waals surface area contributed by atoms with Crippen LogP contribution < -0.4 is 5.32 Å². The molecule has 134 valence electrons. The zero-order valence-electron chi connectivity index (χ0n) is 15.2. The van der Waals surface area contributed by atoms with E-state index < -0.39 is 5.41 Å². The summed E-state index contributed by atoms with van der Waals surface area (Å²) in [6.45, 7) is 13.9. The molecule has 1 N–H and O–H groups in total. The van der Waals surface area contributed by atoms with Gasteiger partial charge in [0, 0.05) is 31.6 Å². The summed E-state index contributed by atoms with van der Waals surface area (Å²) < 4.78 is 10.9. The number of hydrogen-bond acceptors (Lipinski definition) is 5. The molecule has 23 heavy (non-hydrogen) atoms. The van der Waals surface area contributed by atoms with Crippen LogP contribution in [0.25, 0.3) is 0 Å². The summed E-state index contributed by atoms with van der Waals surface area (Å²) in [5.74, 6) is 0.247. The van der Waals surface area contributed by atoms with Crippen LogP contribution in [0.2, 0.25) is 0 Å². The molecule has 1 unspecified atom stereocenters. The second-order valence-electron chi connectivity index (χ2n) is 7.59. The van der Waals surface area contributed by atoms with Crippen LogP contribution in [0.4, 0.5) is 0 Å². The molecule has 1 fully saturated rings. The Kier molecular flexibility index (Phi) is 7.99. The third-order valence-corrected chi connectivity index (χ3v) is 3.57. The summed E-state index contributed by atoms with van der Waals surface area (Å²) in [5.41, 5.74) is -0.445. The van der Waals surface area contributed by atoms with Crippen molar-refractivity contribution >= 4 is 11.9 Å². The molecule has 0 radical (unpaired) electrons. The standard InChI is InChI=1S/C17H32N2O4/c1-13(2)10-19-8-9-22-14(11-19)12-23-15(20)6-7-18-16(21)17(3,4)5/h13-14H,6-12H2,1-5H3,(H,18,21). The summed E-state index contributed by atoms with van der Waals surface area (Å²) >= 11 is 0. The first kappa shape index (κ1) is 19.9. The Morgan fingerprint density at radius 1 is 1.35 bits per heavy atom. The molecule has 0 aromatic rings. The second kappa shape index (κ2) is 9.23. The van der Waals surface area contributed by atoms with Crippen molar-refractivity contribution in [2.75, 3.05) is 39.4 Å². The molecule has 0 aromatic carbocycles. The summed E-state index contributed by atoms with van der Waals surface area (Å²) in [6, 6.07) is 0. The van der Waals surface area contributed by atoms with Gasteiger partial charge in [-0.3, -0.25) is 14.5 Å². The van der Waals surface area contributed by atoms with Crippen LogP contribution in [0.5, 0.6) is 0 Å². The number of hydrogen-bond donors (Lipinski definition) is 1. The monoisotopic (exact) mass is 328 g/mol. The number of carbonyl (C=O) groups is 2. The maximum atomic E-state index is 11.7. The van der Waals surface area contributed by atoms with Crippen molar-refractivity contribution in [2.24, 2.45) is 11.3 Å². The molecule has 0 bridgehead atoms. The minimum absolute atomic E-state index is 0.0596. The molecule has 0 aromatic heterocycles. The SMILES string of the molecule is CC(C)CN1CCOC(COC(=O)CCNC(=O)C(C)(C)C)C1. The smallest absolute Gasteiger partial charge is 0.307 e. The van der Waals surface area contributed by atoms with Gasteiger partial charge in [0.05, 0.1) is 13.0 Å². The first-order valence-electron chi connectivity index (χ1n) is 8.46. The highest BCUT2D eigenvalue weighted by atomic mass is 16.6. The summed E-state index contributed by atoms with van der Waals surface area (Å²) in [6.07, 6.45) is 0.125. The number of carbonyl (C=O) groups excluding carboxylic acids is 2. The quantitative estimate of drug-likeness (QED) is 0.716. The van der Waals surface area contributed by atoms with Crippen molar-refractivity contribution in [3.8, 4) is 0 Å². The van der Waals surface area contributed by atoms with Gasteiger partial charge >= 0.3 is 5.97 Å². The van der Waals surface area contributed by atoms with E-state index in [0.717, 1.165) is 19.6 Å². The minimum Gasteiger partial charge on any atom is -0.463 e. The van der Waals surface area contributed by atoms with Crippen molar-refractivity contribution in [1.29, 1.82) is 0 Å². The average molecular weight is 328 g/mol. The van der Waals surface area contributed by atoms with Gasteiger partial charge in [-0.05, 0) is 5.92 Å². The lowest BCUT2D eigenvalue weighted by Gasteiger charge is -2.33. The second-order valence-corrected chi connectivity index (χ2v) is 7.59. The lowest BCUT2D eigenvalue weighted by Crippen LogP contribution is -2.46. The number of morpholine rings is 1. The van der Waals surface area contributed by atoms with E-state index in [1.54, 1.807) is 0 Å². The summed E-state index contributed by atoms with van der Waals surface area (Å²) in [5, 5.41) is 2.74. The van der Waals surface area contributed by atoms with E-state index >= 15 is 0 Å². The molecule has 1 amide bonds. The third kappa shape index (κ3) is 8.32. The van der Waals surface area contributed by atoms with E-state index in [-0.39, 0.29) is 31.0 Å². The molecule has 1 aliphatic rings. The molecule has 6 heteroatoms. The molecule has 1 rings (SSSR count). The van der Waals surface area contributed by atoms with Gasteiger partial charge in [-0.15, -0.1) is 0 Å².